The Bertz CT molecular complexity index is 256. The van der Waals surface area contributed by atoms with Crippen molar-refractivity contribution < 1.29 is 4.79 Å². The summed E-state index contributed by atoms with van der Waals surface area (Å²) in [6.45, 7) is 2.98. The number of carbonyl (C=O) groups is 1. The zero-order chi connectivity index (χ0) is 9.05. The Kier molecular flexibility index (Phi) is 1.36. The van der Waals surface area contributed by atoms with Gasteiger partial charge >= 0.3 is 0 Å². The van der Waals surface area contributed by atoms with Gasteiger partial charge in [0.15, 0.2) is 0 Å². The van der Waals surface area contributed by atoms with Gasteiger partial charge in [-0.3, -0.25) is 10.1 Å². The highest BCUT2D eigenvalue weighted by Gasteiger charge is 2.57. The van der Waals surface area contributed by atoms with E-state index >= 15 is 0 Å². The van der Waals surface area contributed by atoms with E-state index in [4.69, 9.17) is 0 Å². The number of carbonyl (C=O) groups excluding carboxylic acids is 1. The van der Waals surface area contributed by atoms with E-state index in [-0.39, 0.29) is 5.54 Å². The van der Waals surface area contributed by atoms with Gasteiger partial charge in [0.05, 0.1) is 12.2 Å². The number of nitrogens with one attached hydrogen (secondary N) is 1. The molecule has 0 bridgehead atoms. The third-order valence-electron chi connectivity index (χ3n) is 3.80. The summed E-state index contributed by atoms with van der Waals surface area (Å²) >= 11 is 0. The van der Waals surface area contributed by atoms with Crippen LogP contribution in [0.15, 0.2) is 0 Å². The molecule has 1 saturated heterocycles. The highest BCUT2D eigenvalue weighted by molar-refractivity contribution is 5.91. The lowest BCUT2D eigenvalue weighted by Crippen LogP contribution is -2.38. The van der Waals surface area contributed by atoms with Crippen LogP contribution in [0.5, 0.6) is 0 Å². The van der Waals surface area contributed by atoms with Crippen molar-refractivity contribution in [2.75, 3.05) is 6.67 Å². The summed E-state index contributed by atoms with van der Waals surface area (Å²) in [4.78, 5) is 14.0. The second-order valence-electron chi connectivity index (χ2n) is 4.77. The lowest BCUT2D eigenvalue weighted by atomic mass is 10.1. The monoisotopic (exact) mass is 180 g/mol. The Hall–Kier alpha value is -0.570. The SMILES string of the molecule is CC(C1CC1)N1CNC2(CC2)C1=O. The molecule has 13 heavy (non-hydrogen) atoms. The number of rotatable bonds is 2. The fourth-order valence-corrected chi connectivity index (χ4v) is 2.34. The molecule has 1 spiro atoms. The van der Waals surface area contributed by atoms with Crippen LogP contribution in [-0.4, -0.2) is 29.1 Å². The molecule has 1 atom stereocenters. The molecule has 2 saturated carbocycles. The van der Waals surface area contributed by atoms with E-state index in [1.807, 2.05) is 4.90 Å². The average Bonchev–Trinajstić information content (AvgIpc) is 2.99. The van der Waals surface area contributed by atoms with E-state index in [9.17, 15) is 4.79 Å². The third-order valence-corrected chi connectivity index (χ3v) is 3.80. The zero-order valence-electron chi connectivity index (χ0n) is 8.05. The molecule has 1 unspecified atom stereocenters. The second kappa shape index (κ2) is 2.27. The standard InChI is InChI=1S/C10H16N2O/c1-7(8-2-3-8)12-6-11-10(4-5-10)9(12)13/h7-8,11H,2-6H2,1H3. The van der Waals surface area contributed by atoms with Crippen LogP contribution in [-0.2, 0) is 4.79 Å². The third kappa shape index (κ3) is 1.03. The molecule has 2 aliphatic carbocycles. The highest BCUT2D eigenvalue weighted by Crippen LogP contribution is 2.43. The molecule has 3 heteroatoms. The van der Waals surface area contributed by atoms with Gasteiger partial charge in [-0.2, -0.15) is 0 Å². The van der Waals surface area contributed by atoms with Crippen molar-refractivity contribution in [3.8, 4) is 0 Å². The van der Waals surface area contributed by atoms with Gasteiger partial charge in [-0.05, 0) is 38.5 Å². The molecule has 72 valence electrons. The summed E-state index contributed by atoms with van der Waals surface area (Å²) in [5, 5.41) is 3.35. The number of hydrogen-bond acceptors (Lipinski definition) is 2. The fourth-order valence-electron chi connectivity index (χ4n) is 2.34. The van der Waals surface area contributed by atoms with Gasteiger partial charge in [-0.25, -0.2) is 0 Å². The van der Waals surface area contributed by atoms with E-state index in [0.717, 1.165) is 25.4 Å². The first-order valence-electron chi connectivity index (χ1n) is 5.29. The van der Waals surface area contributed by atoms with Gasteiger partial charge in [0.2, 0.25) is 5.91 Å². The van der Waals surface area contributed by atoms with E-state index in [1.54, 1.807) is 0 Å². The lowest BCUT2D eigenvalue weighted by molar-refractivity contribution is -0.131. The normalized spacial score (nSPS) is 32.7. The molecule has 0 aromatic heterocycles. The van der Waals surface area contributed by atoms with Gasteiger partial charge < -0.3 is 4.90 Å². The summed E-state index contributed by atoms with van der Waals surface area (Å²) in [6.07, 6.45) is 4.75. The van der Waals surface area contributed by atoms with E-state index in [1.165, 1.54) is 12.8 Å². The minimum absolute atomic E-state index is 0.0941. The molecule has 3 rings (SSSR count). The maximum atomic E-state index is 11.9. The summed E-state index contributed by atoms with van der Waals surface area (Å²) in [5.41, 5.74) is -0.0941. The average molecular weight is 180 g/mol. The number of nitrogens with zero attached hydrogens (tertiary/aromatic N) is 1. The quantitative estimate of drug-likeness (QED) is 0.678. The Labute approximate surface area is 78.5 Å². The zero-order valence-corrected chi connectivity index (χ0v) is 8.05. The lowest BCUT2D eigenvalue weighted by Gasteiger charge is -2.23. The molecule has 1 heterocycles. The van der Waals surface area contributed by atoms with Gasteiger partial charge in [0.25, 0.3) is 0 Å². The van der Waals surface area contributed by atoms with Crippen molar-refractivity contribution in [1.82, 2.24) is 10.2 Å². The molecule has 3 nitrogen and oxygen atoms in total. The van der Waals surface area contributed by atoms with Crippen LogP contribution in [0.3, 0.4) is 0 Å². The van der Waals surface area contributed by atoms with Crippen LogP contribution in [0.4, 0.5) is 0 Å². The van der Waals surface area contributed by atoms with E-state index < -0.39 is 0 Å². The van der Waals surface area contributed by atoms with Crippen molar-refractivity contribution >= 4 is 5.91 Å². The Morgan fingerprint density at radius 2 is 2.23 bits per heavy atom. The maximum Gasteiger partial charge on any atom is 0.244 e. The predicted octanol–water partition coefficient (Wildman–Crippen LogP) is 0.707. The Morgan fingerprint density at radius 3 is 2.69 bits per heavy atom. The topological polar surface area (TPSA) is 32.3 Å². The molecular formula is C10H16N2O. The van der Waals surface area contributed by atoms with Crippen LogP contribution in [0.1, 0.15) is 32.6 Å². The largest absolute Gasteiger partial charge is 0.325 e. The molecule has 3 fully saturated rings. The predicted molar refractivity (Wildman–Crippen MR) is 49.0 cm³/mol. The first kappa shape index (κ1) is 7.80. The maximum absolute atomic E-state index is 11.9. The molecular weight excluding hydrogens is 164 g/mol. The minimum atomic E-state index is -0.0941. The van der Waals surface area contributed by atoms with Crippen molar-refractivity contribution in [1.29, 1.82) is 0 Å². The highest BCUT2D eigenvalue weighted by atomic mass is 16.2. The van der Waals surface area contributed by atoms with Crippen LogP contribution in [0.2, 0.25) is 0 Å². The molecule has 0 aromatic carbocycles. The Balaban J connectivity index is 1.74. The first-order chi connectivity index (χ1) is 6.23. The van der Waals surface area contributed by atoms with Crippen LogP contribution in [0.25, 0.3) is 0 Å². The molecule has 0 radical (unpaired) electrons. The van der Waals surface area contributed by atoms with Crippen molar-refractivity contribution in [2.24, 2.45) is 5.92 Å². The van der Waals surface area contributed by atoms with Gasteiger partial charge in [-0.15, -0.1) is 0 Å². The molecule has 3 aliphatic rings. The molecule has 0 aromatic rings. The summed E-state index contributed by atoms with van der Waals surface area (Å²) in [7, 11) is 0. The van der Waals surface area contributed by atoms with E-state index in [0.29, 0.717) is 11.9 Å². The minimum Gasteiger partial charge on any atom is -0.325 e. The molecule has 1 amide bonds. The fraction of sp³-hybridized carbons (Fsp3) is 0.900. The summed E-state index contributed by atoms with van der Waals surface area (Å²) in [6, 6.07) is 0.472. The van der Waals surface area contributed by atoms with E-state index in [2.05, 4.69) is 12.2 Å². The molecule has 1 aliphatic heterocycles. The van der Waals surface area contributed by atoms with Crippen molar-refractivity contribution in [3.63, 3.8) is 0 Å². The van der Waals surface area contributed by atoms with Crippen molar-refractivity contribution in [3.05, 3.63) is 0 Å². The van der Waals surface area contributed by atoms with Gasteiger partial charge in [0, 0.05) is 6.04 Å². The smallest absolute Gasteiger partial charge is 0.244 e. The van der Waals surface area contributed by atoms with Crippen LogP contribution >= 0.6 is 0 Å². The number of hydrogen-bond donors (Lipinski definition) is 1. The first-order valence-corrected chi connectivity index (χ1v) is 5.29. The van der Waals surface area contributed by atoms with Gasteiger partial charge in [0.1, 0.15) is 0 Å². The van der Waals surface area contributed by atoms with Crippen molar-refractivity contribution in [2.45, 2.75) is 44.2 Å². The summed E-state index contributed by atoms with van der Waals surface area (Å²) in [5.74, 6) is 1.16. The number of amides is 1. The van der Waals surface area contributed by atoms with Crippen LogP contribution < -0.4 is 5.32 Å². The second-order valence-corrected chi connectivity index (χ2v) is 4.77. The van der Waals surface area contributed by atoms with Crippen LogP contribution in [0, 0.1) is 5.92 Å². The molecule has 1 N–H and O–H groups in total. The Morgan fingerprint density at radius 1 is 1.54 bits per heavy atom. The van der Waals surface area contributed by atoms with Gasteiger partial charge in [-0.1, -0.05) is 0 Å². The summed E-state index contributed by atoms with van der Waals surface area (Å²) < 4.78 is 0.